The van der Waals surface area contributed by atoms with E-state index < -0.39 is 24.6 Å². The van der Waals surface area contributed by atoms with Gasteiger partial charge in [0.1, 0.15) is 12.2 Å². The highest BCUT2D eigenvalue weighted by molar-refractivity contribution is 4.79. The van der Waals surface area contributed by atoms with Gasteiger partial charge in [0.25, 0.3) is 0 Å². The predicted octanol–water partition coefficient (Wildman–Crippen LogP) is -2.19. The average Bonchev–Trinajstić information content (AvgIpc) is 1.97. The molecule has 1 aliphatic heterocycles. The Labute approximate surface area is 63.8 Å². The van der Waals surface area contributed by atoms with Gasteiger partial charge < -0.3 is 25.2 Å². The molecule has 0 spiro atoms. The van der Waals surface area contributed by atoms with Gasteiger partial charge in [-0.15, -0.1) is 0 Å². The smallest absolute Gasteiger partial charge is 0.181 e. The molecular weight excluding hydrogens is 152 g/mol. The van der Waals surface area contributed by atoms with Gasteiger partial charge in [-0.05, 0) is 0 Å². The van der Waals surface area contributed by atoms with Crippen LogP contribution in [0.4, 0.5) is 0 Å². The second-order valence-corrected chi connectivity index (χ2v) is 2.62. The Morgan fingerprint density at radius 3 is 2.36 bits per heavy atom. The van der Waals surface area contributed by atoms with Crippen molar-refractivity contribution < 1.29 is 25.2 Å². The van der Waals surface area contributed by atoms with Crippen molar-refractivity contribution in [3.8, 4) is 0 Å². The fraction of sp³-hybridized carbons (Fsp3) is 1.00. The van der Waals surface area contributed by atoms with E-state index in [1.54, 1.807) is 0 Å². The van der Waals surface area contributed by atoms with Crippen molar-refractivity contribution in [2.24, 2.45) is 0 Å². The van der Waals surface area contributed by atoms with E-state index in [0.29, 0.717) is 0 Å². The van der Waals surface area contributed by atoms with E-state index in [1.807, 2.05) is 0 Å². The molecule has 1 heterocycles. The van der Waals surface area contributed by atoms with Gasteiger partial charge >= 0.3 is 0 Å². The van der Waals surface area contributed by atoms with Crippen LogP contribution in [0.25, 0.3) is 0 Å². The first-order valence-corrected chi connectivity index (χ1v) is 3.45. The molecule has 66 valence electrons. The van der Waals surface area contributed by atoms with Gasteiger partial charge in [0.05, 0.1) is 12.7 Å². The lowest BCUT2D eigenvalue weighted by atomic mass is 10.0. The summed E-state index contributed by atoms with van der Waals surface area (Å²) in [7, 11) is 0. The van der Waals surface area contributed by atoms with E-state index in [-0.39, 0.29) is 13.0 Å². The molecule has 1 saturated heterocycles. The summed E-state index contributed by atoms with van der Waals surface area (Å²) in [6.45, 7) is -0.356. The molecule has 1 fully saturated rings. The van der Waals surface area contributed by atoms with Crippen LogP contribution >= 0.6 is 0 Å². The lowest BCUT2D eigenvalue weighted by Crippen LogP contribution is -2.48. The van der Waals surface area contributed by atoms with Gasteiger partial charge in [-0.1, -0.05) is 0 Å². The molecule has 0 unspecified atom stereocenters. The topological polar surface area (TPSA) is 90.2 Å². The van der Waals surface area contributed by atoms with Crippen molar-refractivity contribution in [3.05, 3.63) is 0 Å². The fourth-order valence-corrected chi connectivity index (χ4v) is 1.04. The molecule has 5 nitrogen and oxygen atoms in total. The van der Waals surface area contributed by atoms with Crippen LogP contribution in [-0.2, 0) is 4.74 Å². The molecule has 5 heteroatoms. The number of aliphatic hydroxyl groups is 4. The third-order valence-electron chi connectivity index (χ3n) is 1.74. The zero-order chi connectivity index (χ0) is 8.43. The van der Waals surface area contributed by atoms with Gasteiger partial charge in [0, 0.05) is 6.42 Å². The van der Waals surface area contributed by atoms with E-state index in [4.69, 9.17) is 20.4 Å². The SMILES string of the molecule is OC[C@@H]1O[C@@H](O)[C@@H](O)C[C@H]1O. The van der Waals surface area contributed by atoms with Crippen molar-refractivity contribution in [1.82, 2.24) is 0 Å². The highest BCUT2D eigenvalue weighted by Gasteiger charge is 2.34. The zero-order valence-electron chi connectivity index (χ0n) is 5.92. The van der Waals surface area contributed by atoms with E-state index in [0.717, 1.165) is 0 Å². The summed E-state index contributed by atoms with van der Waals surface area (Å²) in [5, 5.41) is 35.5. The van der Waals surface area contributed by atoms with Crippen LogP contribution in [0.5, 0.6) is 0 Å². The first-order chi connectivity index (χ1) is 5.15. The summed E-state index contributed by atoms with van der Waals surface area (Å²) in [4.78, 5) is 0. The first-order valence-electron chi connectivity index (χ1n) is 3.45. The van der Waals surface area contributed by atoms with Crippen LogP contribution in [0, 0.1) is 0 Å². The first kappa shape index (κ1) is 8.89. The fourth-order valence-electron chi connectivity index (χ4n) is 1.04. The molecule has 0 aromatic rings. The molecule has 0 amide bonds. The van der Waals surface area contributed by atoms with Gasteiger partial charge in [-0.2, -0.15) is 0 Å². The van der Waals surface area contributed by atoms with Crippen molar-refractivity contribution in [2.45, 2.75) is 31.0 Å². The second kappa shape index (κ2) is 3.46. The average molecular weight is 164 g/mol. The van der Waals surface area contributed by atoms with Gasteiger partial charge in [0.2, 0.25) is 0 Å². The van der Waals surface area contributed by atoms with Crippen molar-refractivity contribution in [1.29, 1.82) is 0 Å². The normalized spacial score (nSPS) is 45.8. The maximum atomic E-state index is 9.10. The summed E-state index contributed by atoms with van der Waals surface area (Å²) in [5.74, 6) is 0. The Balaban J connectivity index is 2.48. The molecule has 0 aromatic carbocycles. The third kappa shape index (κ3) is 1.88. The highest BCUT2D eigenvalue weighted by atomic mass is 16.6. The minimum atomic E-state index is -1.30. The molecule has 4 N–H and O–H groups in total. The summed E-state index contributed by atoms with van der Waals surface area (Å²) in [6.07, 6.45) is -4.01. The van der Waals surface area contributed by atoms with Crippen LogP contribution < -0.4 is 0 Å². The van der Waals surface area contributed by atoms with Crippen molar-refractivity contribution >= 4 is 0 Å². The molecule has 0 bridgehead atoms. The monoisotopic (exact) mass is 164 g/mol. The van der Waals surface area contributed by atoms with Gasteiger partial charge in [0.15, 0.2) is 6.29 Å². The molecule has 4 atom stereocenters. The molecular formula is C6H12O5. The van der Waals surface area contributed by atoms with E-state index in [9.17, 15) is 0 Å². The molecule has 0 aromatic heterocycles. The van der Waals surface area contributed by atoms with E-state index in [1.165, 1.54) is 0 Å². The number of hydrogen-bond donors (Lipinski definition) is 4. The summed E-state index contributed by atoms with van der Waals surface area (Å²) in [6, 6.07) is 0. The van der Waals surface area contributed by atoms with Crippen LogP contribution in [-0.4, -0.2) is 51.6 Å². The van der Waals surface area contributed by atoms with Crippen LogP contribution in [0.3, 0.4) is 0 Å². The standard InChI is InChI=1S/C6H12O5/c7-2-5-3(8)1-4(9)6(10)11-5/h3-10H,1-2H2/t3-,4+,5+,6-/m1/s1. The van der Waals surface area contributed by atoms with Crippen molar-refractivity contribution in [3.63, 3.8) is 0 Å². The minimum Gasteiger partial charge on any atom is -0.394 e. The van der Waals surface area contributed by atoms with Gasteiger partial charge in [-0.3, -0.25) is 0 Å². The Kier molecular flexibility index (Phi) is 2.80. The molecule has 1 aliphatic rings. The molecule has 0 saturated carbocycles. The largest absolute Gasteiger partial charge is 0.394 e. The Morgan fingerprint density at radius 2 is 1.82 bits per heavy atom. The van der Waals surface area contributed by atoms with Gasteiger partial charge in [-0.25, -0.2) is 0 Å². The Bertz CT molecular complexity index is 128. The second-order valence-electron chi connectivity index (χ2n) is 2.62. The predicted molar refractivity (Wildman–Crippen MR) is 34.6 cm³/mol. The number of aliphatic hydroxyl groups excluding tert-OH is 4. The molecule has 0 aliphatic carbocycles. The third-order valence-corrected chi connectivity index (χ3v) is 1.74. The van der Waals surface area contributed by atoms with Crippen LogP contribution in [0.2, 0.25) is 0 Å². The molecule has 1 rings (SSSR count). The summed E-state index contributed by atoms with van der Waals surface area (Å²) >= 11 is 0. The highest BCUT2D eigenvalue weighted by Crippen LogP contribution is 2.18. The van der Waals surface area contributed by atoms with Crippen molar-refractivity contribution in [2.75, 3.05) is 6.61 Å². The quantitative estimate of drug-likeness (QED) is 0.353. The van der Waals surface area contributed by atoms with E-state index >= 15 is 0 Å². The maximum Gasteiger partial charge on any atom is 0.181 e. The number of rotatable bonds is 1. The Morgan fingerprint density at radius 1 is 1.18 bits per heavy atom. The Hall–Kier alpha value is -0.200. The zero-order valence-corrected chi connectivity index (χ0v) is 5.92. The number of ether oxygens (including phenoxy) is 1. The lowest BCUT2D eigenvalue weighted by molar-refractivity contribution is -0.251. The van der Waals surface area contributed by atoms with Crippen LogP contribution in [0.15, 0.2) is 0 Å². The molecule has 0 radical (unpaired) electrons. The lowest BCUT2D eigenvalue weighted by Gasteiger charge is -2.33. The minimum absolute atomic E-state index is 0.0341. The summed E-state index contributed by atoms with van der Waals surface area (Å²) in [5.41, 5.74) is 0. The maximum absolute atomic E-state index is 9.10. The van der Waals surface area contributed by atoms with Crippen LogP contribution in [0.1, 0.15) is 6.42 Å². The molecule has 11 heavy (non-hydrogen) atoms. The summed E-state index contributed by atoms with van der Waals surface area (Å²) < 4.78 is 4.67. The number of hydrogen-bond acceptors (Lipinski definition) is 5. The van der Waals surface area contributed by atoms with E-state index in [2.05, 4.69) is 4.74 Å².